The number of esters is 4. The quantitative estimate of drug-likeness (QED) is 0.0222. The molecule has 0 aromatic rings. The van der Waals surface area contributed by atoms with E-state index in [0.717, 1.165) is 120 Å². The second-order valence-electron chi connectivity index (χ2n) is 24.9. The third-order valence-corrected chi connectivity index (χ3v) is 17.4. The molecular weight excluding hydrogens is 1110 g/mol. The molecule has 7 atom stereocenters. The Morgan fingerprint density at radius 1 is 0.333 bits per heavy atom. The highest BCUT2D eigenvalue weighted by Gasteiger charge is 2.30. The van der Waals surface area contributed by atoms with E-state index >= 15 is 0 Å². The topological polar surface area (TPSA) is 237 Å². The summed E-state index contributed by atoms with van der Waals surface area (Å²) in [6, 6.07) is 0. The number of rotatable bonds is 62. The van der Waals surface area contributed by atoms with Crippen LogP contribution in [0, 0.1) is 23.7 Å². The first kappa shape index (κ1) is 82.1. The number of unbranched alkanes of at least 4 members (excludes halogenated alkanes) is 26. The van der Waals surface area contributed by atoms with Gasteiger partial charge in [0.1, 0.15) is 19.3 Å². The Bertz CT molecular complexity index is 1680. The Morgan fingerprint density at radius 3 is 0.845 bits per heavy atom. The summed E-state index contributed by atoms with van der Waals surface area (Å²) in [6.07, 6.45) is 34.9. The number of phosphoric ester groups is 2. The average Bonchev–Trinajstić information content (AvgIpc) is 3.54. The van der Waals surface area contributed by atoms with Gasteiger partial charge in [-0.05, 0) is 49.4 Å². The number of aliphatic hydroxyl groups is 1. The van der Waals surface area contributed by atoms with E-state index < -0.39 is 97.5 Å². The molecule has 498 valence electrons. The zero-order valence-corrected chi connectivity index (χ0v) is 56.3. The Labute approximate surface area is 511 Å². The second-order valence-corrected chi connectivity index (χ2v) is 27.8. The molecule has 0 fully saturated rings. The lowest BCUT2D eigenvalue weighted by atomic mass is 10.00. The summed E-state index contributed by atoms with van der Waals surface area (Å²) in [5.41, 5.74) is 0. The molecule has 5 unspecified atom stereocenters. The zero-order valence-electron chi connectivity index (χ0n) is 54.5. The zero-order chi connectivity index (χ0) is 62.5. The van der Waals surface area contributed by atoms with E-state index in [4.69, 9.17) is 37.0 Å². The minimum absolute atomic E-state index is 0.101. The molecule has 0 bridgehead atoms. The number of phosphoric acid groups is 2. The van der Waals surface area contributed by atoms with Crippen molar-refractivity contribution < 1.29 is 80.2 Å². The first-order valence-electron chi connectivity index (χ1n) is 33.8. The van der Waals surface area contributed by atoms with Crippen LogP contribution in [0.3, 0.4) is 0 Å². The second kappa shape index (κ2) is 55.2. The molecule has 0 spiro atoms. The lowest BCUT2D eigenvalue weighted by Gasteiger charge is -2.21. The van der Waals surface area contributed by atoms with Crippen LogP contribution < -0.4 is 0 Å². The van der Waals surface area contributed by atoms with Crippen molar-refractivity contribution in [3.63, 3.8) is 0 Å². The summed E-state index contributed by atoms with van der Waals surface area (Å²) in [7, 11) is -9.89. The van der Waals surface area contributed by atoms with Crippen molar-refractivity contribution in [2.24, 2.45) is 23.7 Å². The molecule has 84 heavy (non-hydrogen) atoms. The van der Waals surface area contributed by atoms with Gasteiger partial charge in [-0.3, -0.25) is 37.3 Å². The van der Waals surface area contributed by atoms with E-state index in [9.17, 15) is 43.2 Å². The van der Waals surface area contributed by atoms with Crippen molar-refractivity contribution in [1.29, 1.82) is 0 Å². The van der Waals surface area contributed by atoms with Crippen molar-refractivity contribution >= 4 is 39.5 Å². The van der Waals surface area contributed by atoms with Crippen LogP contribution in [-0.4, -0.2) is 96.7 Å². The molecule has 0 rings (SSSR count). The maximum absolute atomic E-state index is 13.0. The molecule has 0 aliphatic rings. The van der Waals surface area contributed by atoms with Crippen LogP contribution in [0.25, 0.3) is 0 Å². The number of carbonyl (C=O) groups is 4. The predicted molar refractivity (Wildman–Crippen MR) is 335 cm³/mol. The molecule has 19 heteroatoms. The van der Waals surface area contributed by atoms with Gasteiger partial charge < -0.3 is 33.8 Å². The van der Waals surface area contributed by atoms with Gasteiger partial charge in [0.15, 0.2) is 12.2 Å². The van der Waals surface area contributed by atoms with Gasteiger partial charge in [0.25, 0.3) is 0 Å². The molecule has 0 aliphatic heterocycles. The summed E-state index contributed by atoms with van der Waals surface area (Å²) in [6.45, 7) is 14.0. The minimum atomic E-state index is -4.95. The van der Waals surface area contributed by atoms with Crippen LogP contribution >= 0.6 is 15.6 Å². The summed E-state index contributed by atoms with van der Waals surface area (Å²) in [5.74, 6) is 0.789. The molecule has 0 amide bonds. The first-order chi connectivity index (χ1) is 40.2. The molecule has 17 nitrogen and oxygen atoms in total. The van der Waals surface area contributed by atoms with Gasteiger partial charge in [0.05, 0.1) is 26.4 Å². The molecule has 0 aromatic heterocycles. The molecule has 0 aliphatic carbocycles. The highest BCUT2D eigenvalue weighted by atomic mass is 31.2. The highest BCUT2D eigenvalue weighted by Crippen LogP contribution is 2.45. The van der Waals surface area contributed by atoms with E-state index in [1.807, 2.05) is 0 Å². The monoisotopic (exact) mass is 1240 g/mol. The number of ether oxygens (including phenoxy) is 4. The van der Waals surface area contributed by atoms with E-state index in [-0.39, 0.29) is 25.7 Å². The number of aliphatic hydroxyl groups excluding tert-OH is 1. The molecule has 0 heterocycles. The van der Waals surface area contributed by atoms with Crippen LogP contribution in [0.1, 0.15) is 312 Å². The van der Waals surface area contributed by atoms with Gasteiger partial charge in [-0.1, -0.05) is 261 Å². The minimum Gasteiger partial charge on any atom is -0.462 e. The fraction of sp³-hybridized carbons (Fsp3) is 0.938. The van der Waals surface area contributed by atoms with Gasteiger partial charge in [-0.2, -0.15) is 0 Å². The molecule has 0 saturated carbocycles. The molecule has 0 radical (unpaired) electrons. The smallest absolute Gasteiger partial charge is 0.462 e. The molecule has 0 saturated heterocycles. The Kier molecular flexibility index (Phi) is 53.9. The Hall–Kier alpha value is -1.94. The van der Waals surface area contributed by atoms with E-state index in [2.05, 4.69) is 55.4 Å². The number of hydrogen-bond acceptors (Lipinski definition) is 15. The molecule has 3 N–H and O–H groups in total. The maximum Gasteiger partial charge on any atom is 0.472 e. The van der Waals surface area contributed by atoms with Gasteiger partial charge in [0, 0.05) is 25.7 Å². The predicted octanol–water partition coefficient (Wildman–Crippen LogP) is 17.8. The summed E-state index contributed by atoms with van der Waals surface area (Å²) in [4.78, 5) is 72.3. The van der Waals surface area contributed by atoms with E-state index in [0.29, 0.717) is 25.7 Å². The van der Waals surface area contributed by atoms with Crippen molar-refractivity contribution in [3.8, 4) is 0 Å². The SMILES string of the molecule is CCC(C)CCCCCCCCC(=O)OC[C@H](COP(=O)(O)OCC(O)COP(=O)(O)OC[C@@H](COC(=O)CCCCCCCCCCC(C)C)OC(=O)CCCCCCCCCCCCC(C)C)OC(=O)CCCCCCCCC(C)CC. The molecule has 0 aromatic carbocycles. The van der Waals surface area contributed by atoms with Gasteiger partial charge in [-0.25, -0.2) is 9.13 Å². The Morgan fingerprint density at radius 2 is 0.571 bits per heavy atom. The van der Waals surface area contributed by atoms with Crippen molar-refractivity contribution in [2.45, 2.75) is 331 Å². The third-order valence-electron chi connectivity index (χ3n) is 15.5. The standard InChI is InChI=1S/C65H126O17P2/c1-9-57(7)43-35-27-21-23-30-38-46-63(68)76-52-61(82-65(70)48-40-32-24-22-28-36-44-58(8)10-2)54-80-84(73,74)78-50-59(66)49-77-83(71,72)79-53-60(51-75-62(67)45-37-29-19-16-15-18-26-34-42-56(5)6)81-64(69)47-39-31-20-14-12-11-13-17-25-33-41-55(3)4/h55-61,66H,9-54H2,1-8H3,(H,71,72)(H,73,74)/t57?,58?,59?,60-,61-/m1/s1. The first-order valence-corrected chi connectivity index (χ1v) is 36.8. The van der Waals surface area contributed by atoms with Crippen molar-refractivity contribution in [1.82, 2.24) is 0 Å². The maximum atomic E-state index is 13.0. The Balaban J connectivity index is 5.27. The highest BCUT2D eigenvalue weighted by molar-refractivity contribution is 7.47. The molecular formula is C65H126O17P2. The third kappa shape index (κ3) is 56.6. The van der Waals surface area contributed by atoms with Gasteiger partial charge in [-0.15, -0.1) is 0 Å². The fourth-order valence-corrected chi connectivity index (χ4v) is 11.1. The van der Waals surface area contributed by atoms with Crippen LogP contribution in [0.4, 0.5) is 0 Å². The van der Waals surface area contributed by atoms with Crippen LogP contribution in [0.15, 0.2) is 0 Å². The largest absolute Gasteiger partial charge is 0.472 e. The lowest BCUT2D eigenvalue weighted by molar-refractivity contribution is -0.161. The van der Waals surface area contributed by atoms with Gasteiger partial charge >= 0.3 is 39.5 Å². The van der Waals surface area contributed by atoms with Gasteiger partial charge in [0.2, 0.25) is 0 Å². The van der Waals surface area contributed by atoms with Crippen LogP contribution in [-0.2, 0) is 65.4 Å². The van der Waals surface area contributed by atoms with E-state index in [1.165, 1.54) is 109 Å². The average molecular weight is 1240 g/mol. The number of carbonyl (C=O) groups excluding carboxylic acids is 4. The normalized spacial score (nSPS) is 15.1. The summed E-state index contributed by atoms with van der Waals surface area (Å²) >= 11 is 0. The van der Waals surface area contributed by atoms with Crippen LogP contribution in [0.5, 0.6) is 0 Å². The van der Waals surface area contributed by atoms with Crippen molar-refractivity contribution in [2.75, 3.05) is 39.6 Å². The van der Waals surface area contributed by atoms with E-state index in [1.54, 1.807) is 0 Å². The summed E-state index contributed by atoms with van der Waals surface area (Å²) < 4.78 is 68.0. The summed E-state index contributed by atoms with van der Waals surface area (Å²) in [5, 5.41) is 10.5. The lowest BCUT2D eigenvalue weighted by Crippen LogP contribution is -2.30. The fourth-order valence-electron chi connectivity index (χ4n) is 9.54. The van der Waals surface area contributed by atoms with Crippen LogP contribution in [0.2, 0.25) is 0 Å². The van der Waals surface area contributed by atoms with Crippen molar-refractivity contribution in [3.05, 3.63) is 0 Å². The number of hydrogen-bond donors (Lipinski definition) is 3.